The summed E-state index contributed by atoms with van der Waals surface area (Å²) in [6.07, 6.45) is 4.50. The minimum absolute atomic E-state index is 0.160. The molecule has 1 atom stereocenters. The highest BCUT2D eigenvalue weighted by atomic mass is 32.2. The van der Waals surface area contributed by atoms with Gasteiger partial charge in [-0.3, -0.25) is 18.7 Å². The molecule has 0 radical (unpaired) electrons. The van der Waals surface area contributed by atoms with E-state index in [1.807, 2.05) is 35.2 Å². The number of aryl methyl sites for hydroxylation is 1. The molecule has 1 aromatic carbocycles. The molecule has 1 aliphatic heterocycles. The van der Waals surface area contributed by atoms with Crippen LogP contribution in [0.5, 0.6) is 5.75 Å². The van der Waals surface area contributed by atoms with Gasteiger partial charge in [0.1, 0.15) is 23.6 Å². The van der Waals surface area contributed by atoms with Crippen LogP contribution in [0, 0.1) is 6.92 Å². The molecular weight excluding hydrogens is 564 g/mol. The van der Waals surface area contributed by atoms with Crippen molar-refractivity contribution in [2.24, 2.45) is 0 Å². The number of piperazine rings is 1. The monoisotopic (exact) mass is 591 g/mol. The van der Waals surface area contributed by atoms with Crippen LogP contribution in [-0.4, -0.2) is 96.0 Å². The van der Waals surface area contributed by atoms with E-state index < -0.39 is 22.8 Å². The first kappa shape index (κ1) is 27.2. The van der Waals surface area contributed by atoms with Gasteiger partial charge >= 0.3 is 11.1 Å². The van der Waals surface area contributed by atoms with Crippen LogP contribution in [0.3, 0.4) is 0 Å². The van der Waals surface area contributed by atoms with Crippen LogP contribution < -0.4 is 14.3 Å². The summed E-state index contributed by atoms with van der Waals surface area (Å²) >= 11 is -1.77. The lowest BCUT2D eigenvalue weighted by atomic mass is 10.1. The van der Waals surface area contributed by atoms with Crippen molar-refractivity contribution in [3.63, 3.8) is 0 Å². The van der Waals surface area contributed by atoms with Crippen molar-refractivity contribution >= 4 is 39.6 Å². The van der Waals surface area contributed by atoms with Crippen molar-refractivity contribution in [1.29, 1.82) is 0 Å². The number of hydrogen-bond acceptors (Lipinski definition) is 10. The van der Waals surface area contributed by atoms with Crippen LogP contribution in [0.25, 0.3) is 22.4 Å². The van der Waals surface area contributed by atoms with E-state index in [0.717, 1.165) is 5.69 Å². The molecule has 5 aromatic rings. The van der Waals surface area contributed by atoms with E-state index in [4.69, 9.17) is 8.92 Å². The fourth-order valence-electron chi connectivity index (χ4n) is 4.86. The molecule has 0 aliphatic carbocycles. The molecule has 0 saturated carbocycles. The number of Topliss-reactive ketones (excluding diaryl/α,β-unsaturated/α-hetero) is 1. The third kappa shape index (κ3) is 4.79. The van der Waals surface area contributed by atoms with Crippen molar-refractivity contribution in [3.8, 4) is 17.3 Å². The Balaban J connectivity index is 1.24. The second kappa shape index (κ2) is 11.1. The number of pyridine rings is 1. The maximum absolute atomic E-state index is 13.5. The number of nitrogens with one attached hydrogen (secondary N) is 2. The summed E-state index contributed by atoms with van der Waals surface area (Å²) in [7, 11) is 2.81. The Morgan fingerprint density at radius 2 is 1.83 bits per heavy atom. The number of hydrogen-bond donors (Lipinski definition) is 2. The van der Waals surface area contributed by atoms with Gasteiger partial charge in [-0.15, -0.1) is 4.68 Å². The Hall–Kier alpha value is -4.96. The van der Waals surface area contributed by atoms with Crippen LogP contribution in [0.1, 0.15) is 16.2 Å². The number of para-hydroxylation sites is 1. The average Bonchev–Trinajstić information content (AvgIpc) is 3.79. The number of nitrogens with zero attached hydrogens (tertiary/aromatic N) is 8. The number of fused-ring (bicyclic) bond motifs is 1. The summed E-state index contributed by atoms with van der Waals surface area (Å²) in [5, 5.41) is 7.94. The molecular formula is C26H27N10O5S+. The molecule has 16 heteroatoms. The van der Waals surface area contributed by atoms with Gasteiger partial charge in [-0.25, -0.2) is 24.0 Å². The van der Waals surface area contributed by atoms with E-state index in [0.29, 0.717) is 47.3 Å². The lowest BCUT2D eigenvalue weighted by Gasteiger charge is -2.30. The number of methoxy groups -OCH3 is 1. The minimum Gasteiger partial charge on any atom is -0.494 e. The molecule has 216 valence electrons. The zero-order valence-electron chi connectivity index (χ0n) is 23.0. The molecule has 1 aliphatic rings. The number of H-pyrrole nitrogens is 2. The van der Waals surface area contributed by atoms with Crippen molar-refractivity contribution in [2.75, 3.05) is 45.3 Å². The molecule has 0 unspecified atom stereocenters. The standard InChI is InChI=1S/C26H26N10O5S/c1-16-29-15-35(31-16)23-21-20(19(40-2)14-28-23)18(13-27-21)22(37)24(38)33-9-11-34(12-10-33)26-30-25(42(39)41-3)32-36(26)17-7-5-4-6-8-17/h4-8,13-15H,9-12H2,1-3H3,(H,27,28,37)/p+1/t42-/m0/s1. The number of amides is 1. The van der Waals surface area contributed by atoms with Crippen molar-refractivity contribution < 1.29 is 27.4 Å². The predicted octanol–water partition coefficient (Wildman–Crippen LogP) is 0.661. The van der Waals surface area contributed by atoms with Crippen molar-refractivity contribution in [2.45, 2.75) is 12.1 Å². The van der Waals surface area contributed by atoms with E-state index in [1.165, 1.54) is 42.5 Å². The number of rotatable bonds is 8. The zero-order chi connectivity index (χ0) is 29.4. The topological polar surface area (TPSA) is 168 Å². The van der Waals surface area contributed by atoms with Gasteiger partial charge in [0, 0.05) is 6.20 Å². The second-order valence-electron chi connectivity index (χ2n) is 9.35. The highest BCUT2D eigenvalue weighted by Gasteiger charge is 2.35. The van der Waals surface area contributed by atoms with Crippen molar-refractivity contribution in [3.05, 3.63) is 60.4 Å². The molecule has 2 N–H and O–H groups in total. The Morgan fingerprint density at radius 3 is 2.50 bits per heavy atom. The maximum Gasteiger partial charge on any atom is 0.419 e. The highest BCUT2D eigenvalue weighted by Crippen LogP contribution is 2.32. The van der Waals surface area contributed by atoms with Gasteiger partial charge < -0.3 is 14.6 Å². The van der Waals surface area contributed by atoms with E-state index >= 15 is 0 Å². The van der Waals surface area contributed by atoms with Gasteiger partial charge in [0.05, 0.1) is 63.1 Å². The number of anilines is 1. The molecule has 6 rings (SSSR count). The fourth-order valence-corrected chi connectivity index (χ4v) is 5.34. The quantitative estimate of drug-likeness (QED) is 0.149. The van der Waals surface area contributed by atoms with Gasteiger partial charge in [0.25, 0.3) is 11.7 Å². The second-order valence-corrected chi connectivity index (χ2v) is 10.5. The van der Waals surface area contributed by atoms with Crippen LogP contribution >= 0.6 is 0 Å². The smallest absolute Gasteiger partial charge is 0.419 e. The fraction of sp³-hybridized carbons (Fsp3) is 0.269. The largest absolute Gasteiger partial charge is 0.494 e. The molecule has 42 heavy (non-hydrogen) atoms. The summed E-state index contributed by atoms with van der Waals surface area (Å²) in [5.41, 5.74) is 1.46. The number of aromatic nitrogens is 8. The Morgan fingerprint density at radius 1 is 1.07 bits per heavy atom. The Kier molecular flexibility index (Phi) is 7.22. The van der Waals surface area contributed by atoms with Crippen molar-refractivity contribution in [1.82, 2.24) is 39.7 Å². The lowest BCUT2D eigenvalue weighted by Crippen LogP contribution is -2.53. The Bertz CT molecular complexity index is 1810. The lowest BCUT2D eigenvalue weighted by molar-refractivity contribution is -0.646. The summed E-state index contributed by atoms with van der Waals surface area (Å²) in [6, 6.07) is 9.44. The van der Waals surface area contributed by atoms with Gasteiger partial charge in [-0.05, 0) is 24.0 Å². The molecule has 5 heterocycles. The summed E-state index contributed by atoms with van der Waals surface area (Å²) in [5.74, 6) is 0.547. The van der Waals surface area contributed by atoms with Gasteiger partial charge in [-0.2, -0.15) is 5.10 Å². The van der Waals surface area contributed by atoms with Gasteiger partial charge in [0.15, 0.2) is 5.82 Å². The number of ketones is 1. The summed E-state index contributed by atoms with van der Waals surface area (Å²) in [4.78, 5) is 46.6. The third-order valence-electron chi connectivity index (χ3n) is 6.92. The minimum atomic E-state index is -1.77. The van der Waals surface area contributed by atoms with E-state index in [9.17, 15) is 13.8 Å². The van der Waals surface area contributed by atoms with Crippen LogP contribution in [-0.2, 0) is 20.1 Å². The van der Waals surface area contributed by atoms with Crippen LogP contribution in [0.2, 0.25) is 0 Å². The number of carbonyl (C=O) groups excluding carboxylic acids is 2. The third-order valence-corrected chi connectivity index (χ3v) is 7.72. The molecule has 4 aromatic heterocycles. The molecule has 1 amide bonds. The van der Waals surface area contributed by atoms with E-state index in [-0.39, 0.29) is 23.8 Å². The van der Waals surface area contributed by atoms with Crippen LogP contribution in [0.4, 0.5) is 5.95 Å². The first-order valence-electron chi connectivity index (χ1n) is 12.9. The molecule has 1 fully saturated rings. The van der Waals surface area contributed by atoms with E-state index in [1.54, 1.807) is 11.6 Å². The average molecular weight is 592 g/mol. The number of ether oxygens (including phenoxy) is 1. The SMILES string of the molecule is COc1cnc(-n2cnc(C)n2)c2[nH]cc(C(=O)C(=O)N3CCN(c4nc([S@@](=O)OC)[nH][n+]4-c4ccccc4)CC3)c12. The molecule has 0 bridgehead atoms. The molecule has 0 spiro atoms. The highest BCUT2D eigenvalue weighted by molar-refractivity contribution is 7.80. The van der Waals surface area contributed by atoms with Gasteiger partial charge in [-0.1, -0.05) is 18.2 Å². The Labute approximate surface area is 241 Å². The number of carbonyl (C=O) groups is 2. The zero-order valence-corrected chi connectivity index (χ0v) is 23.8. The summed E-state index contributed by atoms with van der Waals surface area (Å²) in [6.45, 7) is 3.10. The predicted molar refractivity (Wildman–Crippen MR) is 149 cm³/mol. The number of benzene rings is 1. The first-order chi connectivity index (χ1) is 20.4. The number of aromatic amines is 2. The first-order valence-corrected chi connectivity index (χ1v) is 14.0. The van der Waals surface area contributed by atoms with E-state index in [2.05, 4.69) is 30.1 Å². The molecule has 15 nitrogen and oxygen atoms in total. The maximum atomic E-state index is 13.5. The normalized spacial score (nSPS) is 14.4. The molecule has 1 saturated heterocycles. The summed E-state index contributed by atoms with van der Waals surface area (Å²) < 4.78 is 26.0. The van der Waals surface area contributed by atoms with Crippen LogP contribution in [0.15, 0.2) is 54.2 Å². The van der Waals surface area contributed by atoms with Gasteiger partial charge in [0.2, 0.25) is 11.1 Å².